The minimum Gasteiger partial charge on any atom is -0.481 e. The van der Waals surface area contributed by atoms with Crippen LogP contribution in [0.4, 0.5) is 0 Å². The van der Waals surface area contributed by atoms with Gasteiger partial charge in [-0.1, -0.05) is 30.3 Å². The summed E-state index contributed by atoms with van der Waals surface area (Å²) >= 11 is 1.14. The van der Waals surface area contributed by atoms with Crippen molar-refractivity contribution in [1.82, 2.24) is 9.29 Å². The van der Waals surface area contributed by atoms with E-state index in [9.17, 15) is 13.2 Å². The van der Waals surface area contributed by atoms with E-state index in [-0.39, 0.29) is 17.3 Å². The number of nitrogens with zero attached hydrogens (tertiary/aromatic N) is 2. The van der Waals surface area contributed by atoms with Crippen molar-refractivity contribution in [2.24, 2.45) is 5.92 Å². The molecule has 0 saturated carbocycles. The number of benzene rings is 1. The van der Waals surface area contributed by atoms with Crippen LogP contribution in [0.1, 0.15) is 12.8 Å². The Morgan fingerprint density at radius 2 is 1.87 bits per heavy atom. The van der Waals surface area contributed by atoms with E-state index < -0.39 is 21.9 Å². The summed E-state index contributed by atoms with van der Waals surface area (Å²) in [5.74, 6) is -1.31. The van der Waals surface area contributed by atoms with Crippen molar-refractivity contribution in [1.29, 1.82) is 0 Å². The number of thiazole rings is 1. The van der Waals surface area contributed by atoms with E-state index in [1.807, 2.05) is 30.3 Å². The van der Waals surface area contributed by atoms with Gasteiger partial charge in [-0.05, 0) is 12.8 Å². The standard InChI is InChI=1S/C15H16N2O4S2/c18-15(19)12-6-8-17(9-7-12)23(20,21)13-10-16-14(22-13)11-4-2-1-3-5-11/h1-5,10,12H,6-9H2,(H,18,19). The zero-order chi connectivity index (χ0) is 16.4. The van der Waals surface area contributed by atoms with Gasteiger partial charge in [0.1, 0.15) is 5.01 Å². The fourth-order valence-electron chi connectivity index (χ4n) is 2.56. The molecule has 1 N–H and O–H groups in total. The first kappa shape index (κ1) is 16.1. The maximum Gasteiger partial charge on any atom is 0.306 e. The van der Waals surface area contributed by atoms with E-state index in [0.29, 0.717) is 17.8 Å². The maximum absolute atomic E-state index is 12.7. The van der Waals surface area contributed by atoms with Gasteiger partial charge in [-0.3, -0.25) is 4.79 Å². The van der Waals surface area contributed by atoms with Crippen LogP contribution in [0, 0.1) is 5.92 Å². The van der Waals surface area contributed by atoms with Gasteiger partial charge in [0, 0.05) is 18.7 Å². The Bertz CT molecular complexity index is 794. The van der Waals surface area contributed by atoms with Gasteiger partial charge in [0.05, 0.1) is 12.1 Å². The Morgan fingerprint density at radius 3 is 2.48 bits per heavy atom. The molecule has 1 aliphatic heterocycles. The molecule has 1 fully saturated rings. The highest BCUT2D eigenvalue weighted by Gasteiger charge is 2.33. The summed E-state index contributed by atoms with van der Waals surface area (Å²) in [6, 6.07) is 9.41. The highest BCUT2D eigenvalue weighted by Crippen LogP contribution is 2.31. The Balaban J connectivity index is 1.79. The number of sulfonamides is 1. The van der Waals surface area contributed by atoms with Crippen molar-refractivity contribution in [3.63, 3.8) is 0 Å². The summed E-state index contributed by atoms with van der Waals surface area (Å²) in [6.45, 7) is 0.468. The summed E-state index contributed by atoms with van der Waals surface area (Å²) in [5, 5.41) is 9.65. The highest BCUT2D eigenvalue weighted by atomic mass is 32.2. The second-order valence-corrected chi connectivity index (χ2v) is 8.56. The van der Waals surface area contributed by atoms with E-state index in [2.05, 4.69) is 4.98 Å². The predicted octanol–water partition coefficient (Wildman–Crippen LogP) is 2.30. The molecule has 2 aromatic rings. The number of piperidine rings is 1. The molecule has 122 valence electrons. The second kappa shape index (κ2) is 6.38. The van der Waals surface area contributed by atoms with Crippen molar-refractivity contribution in [3.8, 4) is 10.6 Å². The van der Waals surface area contributed by atoms with Gasteiger partial charge in [0.25, 0.3) is 10.0 Å². The van der Waals surface area contributed by atoms with Crippen molar-refractivity contribution in [2.75, 3.05) is 13.1 Å². The number of rotatable bonds is 4. The van der Waals surface area contributed by atoms with Crippen LogP contribution in [-0.2, 0) is 14.8 Å². The molecule has 0 unspecified atom stereocenters. The van der Waals surface area contributed by atoms with Crippen LogP contribution in [0.15, 0.2) is 40.7 Å². The lowest BCUT2D eigenvalue weighted by Crippen LogP contribution is -2.39. The molecule has 1 aromatic carbocycles. The highest BCUT2D eigenvalue weighted by molar-refractivity contribution is 7.91. The van der Waals surface area contributed by atoms with Crippen LogP contribution < -0.4 is 0 Å². The zero-order valence-electron chi connectivity index (χ0n) is 12.3. The maximum atomic E-state index is 12.7. The van der Waals surface area contributed by atoms with Gasteiger partial charge in [-0.2, -0.15) is 4.31 Å². The molecule has 6 nitrogen and oxygen atoms in total. The normalized spacial score (nSPS) is 17.2. The Kier molecular flexibility index (Phi) is 4.47. The fraction of sp³-hybridized carbons (Fsp3) is 0.333. The van der Waals surface area contributed by atoms with E-state index >= 15 is 0 Å². The molecule has 2 heterocycles. The lowest BCUT2D eigenvalue weighted by Gasteiger charge is -2.28. The largest absolute Gasteiger partial charge is 0.481 e. The average Bonchev–Trinajstić information content (AvgIpc) is 3.06. The van der Waals surface area contributed by atoms with Gasteiger partial charge in [-0.25, -0.2) is 13.4 Å². The molecule has 23 heavy (non-hydrogen) atoms. The van der Waals surface area contributed by atoms with Gasteiger partial charge >= 0.3 is 5.97 Å². The molecular weight excluding hydrogens is 336 g/mol. The molecular formula is C15H16N2O4S2. The number of hydrogen-bond donors (Lipinski definition) is 1. The minimum absolute atomic E-state index is 0.199. The number of aromatic nitrogens is 1. The van der Waals surface area contributed by atoms with Gasteiger partial charge in [-0.15, -0.1) is 11.3 Å². The Labute approximate surface area is 138 Å². The third-order valence-electron chi connectivity index (χ3n) is 3.90. The van der Waals surface area contributed by atoms with Gasteiger partial charge in [0.15, 0.2) is 4.21 Å². The number of hydrogen-bond acceptors (Lipinski definition) is 5. The monoisotopic (exact) mass is 352 g/mol. The molecule has 0 radical (unpaired) electrons. The molecule has 8 heteroatoms. The third-order valence-corrected chi connectivity index (χ3v) is 7.28. The lowest BCUT2D eigenvalue weighted by molar-refractivity contribution is -0.142. The summed E-state index contributed by atoms with van der Waals surface area (Å²) in [7, 11) is -3.60. The molecule has 0 spiro atoms. The van der Waals surface area contributed by atoms with Crippen LogP contribution in [0.2, 0.25) is 0 Å². The predicted molar refractivity (Wildman–Crippen MR) is 86.7 cm³/mol. The minimum atomic E-state index is -3.60. The summed E-state index contributed by atoms with van der Waals surface area (Å²) in [5.41, 5.74) is 0.878. The van der Waals surface area contributed by atoms with E-state index in [4.69, 9.17) is 5.11 Å². The summed E-state index contributed by atoms with van der Waals surface area (Å²) in [6.07, 6.45) is 2.07. The topological polar surface area (TPSA) is 87.6 Å². The van der Waals surface area contributed by atoms with E-state index in [0.717, 1.165) is 16.9 Å². The quantitative estimate of drug-likeness (QED) is 0.912. The summed E-state index contributed by atoms with van der Waals surface area (Å²) in [4.78, 5) is 15.2. The van der Waals surface area contributed by atoms with E-state index in [1.165, 1.54) is 10.5 Å². The molecule has 0 bridgehead atoms. The van der Waals surface area contributed by atoms with Crippen LogP contribution in [-0.4, -0.2) is 41.9 Å². The average molecular weight is 352 g/mol. The Morgan fingerprint density at radius 1 is 1.22 bits per heavy atom. The first-order valence-corrected chi connectivity index (χ1v) is 9.48. The van der Waals surface area contributed by atoms with Crippen molar-refractivity contribution in [2.45, 2.75) is 17.1 Å². The lowest BCUT2D eigenvalue weighted by atomic mass is 9.99. The molecule has 0 atom stereocenters. The molecule has 1 saturated heterocycles. The molecule has 1 aromatic heterocycles. The first-order valence-electron chi connectivity index (χ1n) is 7.22. The second-order valence-electron chi connectivity index (χ2n) is 5.37. The number of carboxylic acids is 1. The SMILES string of the molecule is O=C(O)C1CCN(S(=O)(=O)c2cnc(-c3ccccc3)s2)CC1. The smallest absolute Gasteiger partial charge is 0.306 e. The van der Waals surface area contributed by atoms with Crippen LogP contribution >= 0.6 is 11.3 Å². The van der Waals surface area contributed by atoms with E-state index in [1.54, 1.807) is 0 Å². The molecule has 0 aliphatic carbocycles. The third kappa shape index (κ3) is 3.29. The zero-order valence-corrected chi connectivity index (χ0v) is 13.9. The molecule has 3 rings (SSSR count). The van der Waals surface area contributed by atoms with Crippen LogP contribution in [0.5, 0.6) is 0 Å². The first-order chi connectivity index (χ1) is 11.0. The van der Waals surface area contributed by atoms with Crippen molar-refractivity contribution >= 4 is 27.3 Å². The van der Waals surface area contributed by atoms with Gasteiger partial charge in [0.2, 0.25) is 0 Å². The number of aliphatic carboxylic acids is 1. The molecule has 1 aliphatic rings. The number of carbonyl (C=O) groups is 1. The van der Waals surface area contributed by atoms with Crippen molar-refractivity contribution < 1.29 is 18.3 Å². The van der Waals surface area contributed by atoms with Crippen molar-refractivity contribution in [3.05, 3.63) is 36.5 Å². The summed E-state index contributed by atoms with van der Waals surface area (Å²) < 4.78 is 26.9. The van der Waals surface area contributed by atoms with Gasteiger partial charge < -0.3 is 5.11 Å². The molecule has 0 amide bonds. The fourth-order valence-corrected chi connectivity index (χ4v) is 5.32. The Hall–Kier alpha value is -1.77. The van der Waals surface area contributed by atoms with Crippen LogP contribution in [0.3, 0.4) is 0 Å². The number of carboxylic acid groups (broad SMARTS) is 1. The van der Waals surface area contributed by atoms with Crippen LogP contribution in [0.25, 0.3) is 10.6 Å².